The quantitative estimate of drug-likeness (QED) is 0.241. The van der Waals surface area contributed by atoms with Crippen molar-refractivity contribution in [3.63, 3.8) is 0 Å². The number of hydrogen-bond donors (Lipinski definition) is 2. The molecule has 2 N–H and O–H groups in total. The maximum absolute atomic E-state index is 12.6. The number of carbonyl (C=O) groups excluding carboxylic acids is 3. The van der Waals surface area contributed by atoms with E-state index in [-0.39, 0.29) is 12.5 Å². The Balaban J connectivity index is 1.18. The van der Waals surface area contributed by atoms with Crippen molar-refractivity contribution in [3.8, 4) is 17.2 Å². The highest BCUT2D eigenvalue weighted by Gasteiger charge is 2.26. The van der Waals surface area contributed by atoms with Gasteiger partial charge in [0.25, 0.3) is 5.91 Å². The van der Waals surface area contributed by atoms with E-state index < -0.39 is 11.8 Å². The number of piperazine rings is 1. The number of rotatable bonds is 9. The van der Waals surface area contributed by atoms with Crippen molar-refractivity contribution >= 4 is 35.3 Å². The summed E-state index contributed by atoms with van der Waals surface area (Å²) in [6.07, 6.45) is 1.42. The summed E-state index contributed by atoms with van der Waals surface area (Å²) in [7, 11) is 3.20. The first-order chi connectivity index (χ1) is 19.5. The summed E-state index contributed by atoms with van der Waals surface area (Å²) in [5, 5.41) is 6.63. The number of nitrogens with one attached hydrogen (secondary N) is 2. The van der Waals surface area contributed by atoms with Crippen molar-refractivity contribution in [2.24, 2.45) is 5.10 Å². The van der Waals surface area contributed by atoms with Gasteiger partial charge in [0, 0.05) is 31.9 Å². The summed E-state index contributed by atoms with van der Waals surface area (Å²) in [5.74, 6) is 0.226. The lowest BCUT2D eigenvalue weighted by Gasteiger charge is -2.36. The van der Waals surface area contributed by atoms with Crippen LogP contribution in [0.2, 0.25) is 0 Å². The third-order valence-corrected chi connectivity index (χ3v) is 6.19. The van der Waals surface area contributed by atoms with Crippen molar-refractivity contribution in [3.05, 3.63) is 78.4 Å². The van der Waals surface area contributed by atoms with Crippen molar-refractivity contribution < 1.29 is 28.6 Å². The number of anilines is 2. The molecular weight excluding hydrogens is 514 g/mol. The Kier molecular flexibility index (Phi) is 9.54. The Morgan fingerprint density at radius 3 is 2.20 bits per heavy atom. The zero-order valence-electron chi connectivity index (χ0n) is 22.3. The smallest absolute Gasteiger partial charge is 0.329 e. The lowest BCUT2D eigenvalue weighted by Crippen LogP contribution is -2.52. The molecule has 1 saturated heterocycles. The first-order valence-electron chi connectivity index (χ1n) is 12.6. The highest BCUT2D eigenvalue weighted by molar-refractivity contribution is 6.35. The van der Waals surface area contributed by atoms with Crippen LogP contribution >= 0.6 is 0 Å². The Morgan fingerprint density at radius 2 is 1.52 bits per heavy atom. The third kappa shape index (κ3) is 7.50. The minimum atomic E-state index is -0.801. The second-order valence-corrected chi connectivity index (χ2v) is 8.78. The second kappa shape index (κ2) is 13.7. The van der Waals surface area contributed by atoms with E-state index in [0.717, 1.165) is 11.4 Å². The predicted octanol–water partition coefficient (Wildman–Crippen LogP) is 2.52. The normalized spacial score (nSPS) is 13.1. The van der Waals surface area contributed by atoms with Crippen molar-refractivity contribution in [1.29, 1.82) is 0 Å². The first kappa shape index (κ1) is 28.0. The number of amides is 3. The van der Waals surface area contributed by atoms with Gasteiger partial charge in [-0.25, -0.2) is 5.43 Å². The monoisotopic (exact) mass is 545 g/mol. The molecule has 0 aromatic heterocycles. The molecular formula is C29H31N5O6. The highest BCUT2D eigenvalue weighted by atomic mass is 16.5. The van der Waals surface area contributed by atoms with E-state index in [1.165, 1.54) is 11.1 Å². The van der Waals surface area contributed by atoms with Gasteiger partial charge in [0.1, 0.15) is 17.2 Å². The van der Waals surface area contributed by atoms with Crippen molar-refractivity contribution in [2.75, 3.05) is 57.2 Å². The van der Waals surface area contributed by atoms with Gasteiger partial charge in [-0.3, -0.25) is 14.4 Å². The number of ether oxygens (including phenoxy) is 3. The Bertz CT molecular complexity index is 1340. The Morgan fingerprint density at radius 1 is 0.850 bits per heavy atom. The summed E-state index contributed by atoms with van der Waals surface area (Å²) < 4.78 is 16.0. The first-order valence-corrected chi connectivity index (χ1v) is 12.6. The van der Waals surface area contributed by atoms with Crippen LogP contribution in [-0.2, 0) is 14.4 Å². The van der Waals surface area contributed by atoms with Gasteiger partial charge in [-0.2, -0.15) is 5.10 Å². The molecule has 1 fully saturated rings. The lowest BCUT2D eigenvalue weighted by atomic mass is 10.2. The van der Waals surface area contributed by atoms with Gasteiger partial charge in [-0.05, 0) is 66.2 Å². The molecule has 1 aliphatic rings. The number of hydrazone groups is 1. The fourth-order valence-electron chi connectivity index (χ4n) is 4.07. The maximum atomic E-state index is 12.6. The molecule has 11 nitrogen and oxygen atoms in total. The van der Waals surface area contributed by atoms with E-state index in [4.69, 9.17) is 14.2 Å². The van der Waals surface area contributed by atoms with Crippen LogP contribution in [0.4, 0.5) is 11.4 Å². The van der Waals surface area contributed by atoms with Crippen LogP contribution in [0.3, 0.4) is 0 Å². The summed E-state index contributed by atoms with van der Waals surface area (Å²) in [5.41, 5.74) is 4.56. The Hall–Kier alpha value is -5.06. The molecule has 3 amide bonds. The lowest BCUT2D eigenvalue weighted by molar-refractivity contribution is -0.146. The third-order valence-electron chi connectivity index (χ3n) is 6.19. The summed E-state index contributed by atoms with van der Waals surface area (Å²) in [6.45, 7) is 1.83. The van der Waals surface area contributed by atoms with Gasteiger partial charge in [-0.15, -0.1) is 0 Å². The van der Waals surface area contributed by atoms with Gasteiger partial charge < -0.3 is 29.3 Å². The molecule has 11 heteroatoms. The molecule has 0 atom stereocenters. The molecule has 0 bridgehead atoms. The molecule has 0 unspecified atom stereocenters. The largest absolute Gasteiger partial charge is 0.497 e. The molecule has 0 radical (unpaired) electrons. The summed E-state index contributed by atoms with van der Waals surface area (Å²) in [4.78, 5) is 40.7. The standard InChI is InChI=1S/C29H31N5O6/c1-38-23-13-9-22(10-14-23)31-27(35)20-40-24-11-7-21(8-12-24)19-30-32-28(36)29(37)34-17-15-33(16-18-34)25-5-3-4-6-26(25)39-2/h3-14,19H,15-18,20H2,1-2H3,(H,31,35)(H,32,36)/b30-19-. The van der Waals surface area contributed by atoms with Gasteiger partial charge in [0.2, 0.25) is 0 Å². The number of hydrogen-bond acceptors (Lipinski definition) is 8. The summed E-state index contributed by atoms with van der Waals surface area (Å²) in [6, 6.07) is 21.5. The van der Waals surface area contributed by atoms with E-state index in [1.54, 1.807) is 62.8 Å². The van der Waals surface area contributed by atoms with Crippen LogP contribution in [-0.4, -0.2) is 75.8 Å². The number of nitrogens with zero attached hydrogens (tertiary/aromatic N) is 3. The van der Waals surface area contributed by atoms with Crippen LogP contribution in [0.25, 0.3) is 0 Å². The highest BCUT2D eigenvalue weighted by Crippen LogP contribution is 2.28. The van der Waals surface area contributed by atoms with E-state index >= 15 is 0 Å². The number of benzene rings is 3. The molecule has 0 spiro atoms. The van der Waals surface area contributed by atoms with Crippen molar-refractivity contribution in [1.82, 2.24) is 10.3 Å². The van der Waals surface area contributed by atoms with Crippen LogP contribution in [0.15, 0.2) is 77.9 Å². The van der Waals surface area contributed by atoms with Crippen molar-refractivity contribution in [2.45, 2.75) is 0 Å². The average Bonchev–Trinajstić information content (AvgIpc) is 3.00. The van der Waals surface area contributed by atoms with Gasteiger partial charge in [-0.1, -0.05) is 12.1 Å². The zero-order chi connectivity index (χ0) is 28.3. The molecule has 1 aliphatic heterocycles. The van der Waals surface area contributed by atoms with Gasteiger partial charge >= 0.3 is 11.8 Å². The molecule has 0 aliphatic carbocycles. The van der Waals surface area contributed by atoms with E-state index in [1.807, 2.05) is 24.3 Å². The fraction of sp³-hybridized carbons (Fsp3) is 0.241. The average molecular weight is 546 g/mol. The molecule has 208 valence electrons. The molecule has 3 aromatic carbocycles. The number of para-hydroxylation sites is 2. The predicted molar refractivity (Wildman–Crippen MR) is 151 cm³/mol. The van der Waals surface area contributed by atoms with E-state index in [2.05, 4.69) is 20.7 Å². The SMILES string of the molecule is COc1ccc(NC(=O)COc2ccc(/C=N\NC(=O)C(=O)N3CCN(c4ccccc4OC)CC3)cc2)cc1. The van der Waals surface area contributed by atoms with Crippen LogP contribution in [0, 0.1) is 0 Å². The minimum Gasteiger partial charge on any atom is -0.497 e. The fourth-order valence-corrected chi connectivity index (χ4v) is 4.07. The van der Waals surface area contributed by atoms with Crippen LogP contribution < -0.4 is 29.9 Å². The zero-order valence-corrected chi connectivity index (χ0v) is 22.3. The maximum Gasteiger partial charge on any atom is 0.329 e. The van der Waals surface area contributed by atoms with Gasteiger partial charge in [0.15, 0.2) is 6.61 Å². The number of carbonyl (C=O) groups is 3. The Labute approximate surface area is 232 Å². The molecule has 3 aromatic rings. The second-order valence-electron chi connectivity index (χ2n) is 8.78. The summed E-state index contributed by atoms with van der Waals surface area (Å²) >= 11 is 0. The van der Waals surface area contributed by atoms with E-state index in [0.29, 0.717) is 48.9 Å². The molecule has 40 heavy (non-hydrogen) atoms. The molecule has 0 saturated carbocycles. The molecule has 1 heterocycles. The van der Waals surface area contributed by atoms with Gasteiger partial charge in [0.05, 0.1) is 26.1 Å². The van der Waals surface area contributed by atoms with Crippen LogP contribution in [0.5, 0.6) is 17.2 Å². The number of methoxy groups -OCH3 is 2. The molecule has 4 rings (SSSR count). The van der Waals surface area contributed by atoms with Crippen LogP contribution in [0.1, 0.15) is 5.56 Å². The minimum absolute atomic E-state index is 0.162. The van der Waals surface area contributed by atoms with E-state index in [9.17, 15) is 14.4 Å². The topological polar surface area (TPSA) is 122 Å².